The molecule has 4 heteroatoms. The highest BCUT2D eigenvalue weighted by molar-refractivity contribution is 5.49. The van der Waals surface area contributed by atoms with Crippen LogP contribution in [0.5, 0.6) is 5.75 Å². The smallest absolute Gasteiger partial charge is 0.167 e. The third kappa shape index (κ3) is 2.79. The molecule has 4 bridgehead atoms. The molecule has 0 atom stereocenters. The Labute approximate surface area is 178 Å². The Bertz CT molecular complexity index is 1070. The maximum absolute atomic E-state index is 6.29. The molecule has 0 N–H and O–H groups in total. The first-order chi connectivity index (χ1) is 14.5. The second-order valence-corrected chi connectivity index (χ2v) is 10.5. The summed E-state index contributed by atoms with van der Waals surface area (Å²) in [6.07, 6.45) is 10.4. The Hall–Kier alpha value is -2.36. The molecule has 4 nitrogen and oxygen atoms in total. The quantitative estimate of drug-likeness (QED) is 0.563. The van der Waals surface area contributed by atoms with Crippen LogP contribution in [-0.2, 0) is 12.0 Å². The lowest BCUT2D eigenvalue weighted by Gasteiger charge is -2.55. The van der Waals surface area contributed by atoms with E-state index in [2.05, 4.69) is 60.7 Å². The van der Waals surface area contributed by atoms with E-state index in [1.165, 1.54) is 61.0 Å². The first-order valence-electron chi connectivity index (χ1n) is 11.5. The lowest BCUT2D eigenvalue weighted by molar-refractivity contribution is -0.00984. The molecule has 4 fully saturated rings. The van der Waals surface area contributed by atoms with Gasteiger partial charge in [0.25, 0.3) is 0 Å². The van der Waals surface area contributed by atoms with Crippen LogP contribution in [0.3, 0.4) is 0 Å². The molecule has 0 unspecified atom stereocenters. The minimum absolute atomic E-state index is 0.248. The normalized spacial score (nSPS) is 29.6. The molecule has 7 rings (SSSR count). The van der Waals surface area contributed by atoms with E-state index in [4.69, 9.17) is 9.84 Å². The summed E-state index contributed by atoms with van der Waals surface area (Å²) in [7, 11) is 0. The van der Waals surface area contributed by atoms with Gasteiger partial charge in [0.15, 0.2) is 5.65 Å². The number of nitrogens with zero attached hydrogens (tertiary/aromatic N) is 3. The van der Waals surface area contributed by atoms with E-state index in [0.29, 0.717) is 6.61 Å². The van der Waals surface area contributed by atoms with Gasteiger partial charge in [-0.15, -0.1) is 10.2 Å². The van der Waals surface area contributed by atoms with Crippen molar-refractivity contribution in [2.24, 2.45) is 17.8 Å². The summed E-state index contributed by atoms with van der Waals surface area (Å²) < 4.78 is 8.57. The van der Waals surface area contributed by atoms with Crippen LogP contribution in [-0.4, -0.2) is 14.6 Å². The van der Waals surface area contributed by atoms with Gasteiger partial charge in [-0.3, -0.25) is 4.40 Å². The summed E-state index contributed by atoms with van der Waals surface area (Å²) in [5.74, 6) is 4.91. The molecule has 0 amide bonds. The maximum Gasteiger partial charge on any atom is 0.167 e. The third-order valence-electron chi connectivity index (χ3n) is 8.00. The predicted molar refractivity (Wildman–Crippen MR) is 118 cm³/mol. The largest absolute Gasteiger partial charge is 0.488 e. The van der Waals surface area contributed by atoms with Gasteiger partial charge in [-0.05, 0) is 94.2 Å². The van der Waals surface area contributed by atoms with Gasteiger partial charge >= 0.3 is 0 Å². The van der Waals surface area contributed by atoms with Crippen molar-refractivity contribution >= 4 is 5.65 Å². The van der Waals surface area contributed by atoms with Gasteiger partial charge < -0.3 is 4.74 Å². The van der Waals surface area contributed by atoms with E-state index >= 15 is 0 Å². The molecule has 2 heterocycles. The highest BCUT2D eigenvalue weighted by Crippen LogP contribution is 2.60. The van der Waals surface area contributed by atoms with E-state index in [1.807, 2.05) is 0 Å². The summed E-state index contributed by atoms with van der Waals surface area (Å²) >= 11 is 0. The predicted octanol–water partition coefficient (Wildman–Crippen LogP) is 5.70. The Morgan fingerprint density at radius 3 is 2.23 bits per heavy atom. The Morgan fingerprint density at radius 1 is 0.967 bits per heavy atom. The SMILES string of the molecule is Cc1cc(C)c(OCc2cccn3c(C45CC6CC(CC(C6)C4)C5)nnc23)c(C)c1. The van der Waals surface area contributed by atoms with Crippen LogP contribution in [0.4, 0.5) is 0 Å². The number of aromatic nitrogens is 3. The molecule has 0 spiro atoms. The molecule has 0 saturated heterocycles. The summed E-state index contributed by atoms with van der Waals surface area (Å²) in [5.41, 5.74) is 5.98. The number of pyridine rings is 1. The summed E-state index contributed by atoms with van der Waals surface area (Å²) in [4.78, 5) is 0. The van der Waals surface area contributed by atoms with Gasteiger partial charge in [0.1, 0.15) is 18.2 Å². The average Bonchev–Trinajstić information content (AvgIpc) is 3.12. The monoisotopic (exact) mass is 401 g/mol. The number of hydrogen-bond acceptors (Lipinski definition) is 3. The van der Waals surface area contributed by atoms with Gasteiger partial charge in [-0.25, -0.2) is 0 Å². The fraction of sp³-hybridized carbons (Fsp3) is 0.538. The zero-order valence-corrected chi connectivity index (χ0v) is 18.3. The number of hydrogen-bond donors (Lipinski definition) is 0. The van der Waals surface area contributed by atoms with Crippen LogP contribution in [0.25, 0.3) is 5.65 Å². The molecular weight excluding hydrogens is 370 g/mol. The van der Waals surface area contributed by atoms with Crippen LogP contribution in [0.15, 0.2) is 30.5 Å². The summed E-state index contributed by atoms with van der Waals surface area (Å²) in [5, 5.41) is 9.49. The first kappa shape index (κ1) is 18.4. The minimum atomic E-state index is 0.248. The number of rotatable bonds is 4. The van der Waals surface area contributed by atoms with E-state index in [0.717, 1.165) is 34.7 Å². The van der Waals surface area contributed by atoms with E-state index in [9.17, 15) is 0 Å². The summed E-state index contributed by atoms with van der Waals surface area (Å²) in [6, 6.07) is 8.64. The van der Waals surface area contributed by atoms with Crippen molar-refractivity contribution in [3.63, 3.8) is 0 Å². The highest BCUT2D eigenvalue weighted by atomic mass is 16.5. The molecule has 4 aliphatic carbocycles. The molecule has 0 radical (unpaired) electrons. The molecule has 1 aromatic carbocycles. The van der Waals surface area contributed by atoms with Crippen LogP contribution < -0.4 is 4.74 Å². The fourth-order valence-corrected chi connectivity index (χ4v) is 7.37. The van der Waals surface area contributed by atoms with Crippen molar-refractivity contribution in [2.45, 2.75) is 71.3 Å². The third-order valence-corrected chi connectivity index (χ3v) is 8.00. The van der Waals surface area contributed by atoms with Crippen LogP contribution in [0, 0.1) is 38.5 Å². The Balaban J connectivity index is 1.33. The van der Waals surface area contributed by atoms with Gasteiger partial charge in [-0.2, -0.15) is 0 Å². The van der Waals surface area contributed by atoms with Crippen molar-refractivity contribution in [3.05, 3.63) is 58.5 Å². The number of benzene rings is 1. The van der Waals surface area contributed by atoms with Crippen molar-refractivity contribution < 1.29 is 4.74 Å². The molecule has 3 aromatic rings. The van der Waals surface area contributed by atoms with Gasteiger partial charge in [0, 0.05) is 17.2 Å². The van der Waals surface area contributed by atoms with Crippen molar-refractivity contribution in [3.8, 4) is 5.75 Å². The van der Waals surface area contributed by atoms with Crippen molar-refractivity contribution in [1.82, 2.24) is 14.6 Å². The topological polar surface area (TPSA) is 39.4 Å². The van der Waals surface area contributed by atoms with Gasteiger partial charge in [-0.1, -0.05) is 23.8 Å². The Kier molecular flexibility index (Phi) is 4.03. The molecule has 4 aliphatic rings. The molecule has 4 saturated carbocycles. The zero-order chi connectivity index (χ0) is 20.5. The number of aryl methyl sites for hydroxylation is 3. The van der Waals surface area contributed by atoms with Crippen LogP contribution in [0.1, 0.15) is 66.6 Å². The van der Waals surface area contributed by atoms with Crippen molar-refractivity contribution in [2.75, 3.05) is 0 Å². The lowest BCUT2D eigenvalue weighted by Crippen LogP contribution is -2.49. The minimum Gasteiger partial charge on any atom is -0.488 e. The Morgan fingerprint density at radius 2 is 1.60 bits per heavy atom. The average molecular weight is 402 g/mol. The van der Waals surface area contributed by atoms with E-state index in [-0.39, 0.29) is 5.41 Å². The molecular formula is C26H31N3O. The maximum atomic E-state index is 6.29. The standard InChI is InChI=1S/C26H31N3O/c1-16-7-17(2)23(18(3)8-16)30-15-22-5-4-6-29-24(22)27-28-25(29)26-12-19-9-20(13-26)11-21(10-19)14-26/h4-8,19-21H,9-15H2,1-3H3. The highest BCUT2D eigenvalue weighted by Gasteiger charge is 2.53. The van der Waals surface area contributed by atoms with E-state index < -0.39 is 0 Å². The molecule has 0 aliphatic heterocycles. The van der Waals surface area contributed by atoms with Crippen LogP contribution in [0.2, 0.25) is 0 Å². The van der Waals surface area contributed by atoms with Gasteiger partial charge in [0.05, 0.1) is 0 Å². The number of ether oxygens (including phenoxy) is 1. The van der Waals surface area contributed by atoms with Crippen molar-refractivity contribution in [1.29, 1.82) is 0 Å². The number of fused-ring (bicyclic) bond motifs is 1. The molecule has 2 aromatic heterocycles. The zero-order valence-electron chi connectivity index (χ0n) is 18.3. The van der Waals surface area contributed by atoms with E-state index in [1.54, 1.807) is 0 Å². The second kappa shape index (κ2) is 6.57. The van der Waals surface area contributed by atoms with Crippen LogP contribution >= 0.6 is 0 Å². The fourth-order valence-electron chi connectivity index (χ4n) is 7.37. The van der Waals surface area contributed by atoms with Gasteiger partial charge in [0.2, 0.25) is 0 Å². The lowest BCUT2D eigenvalue weighted by atomic mass is 9.49. The molecule has 156 valence electrons. The first-order valence-corrected chi connectivity index (χ1v) is 11.5. The molecule has 30 heavy (non-hydrogen) atoms. The second-order valence-electron chi connectivity index (χ2n) is 10.5. The summed E-state index contributed by atoms with van der Waals surface area (Å²) in [6.45, 7) is 6.90.